The fourth-order valence-corrected chi connectivity index (χ4v) is 3.78. The van der Waals surface area contributed by atoms with E-state index < -0.39 is 29.7 Å². The van der Waals surface area contributed by atoms with Gasteiger partial charge in [0.2, 0.25) is 5.91 Å². The van der Waals surface area contributed by atoms with Crippen LogP contribution in [0.15, 0.2) is 70.3 Å². The summed E-state index contributed by atoms with van der Waals surface area (Å²) < 4.78 is 6.81. The fraction of sp³-hybridized carbons (Fsp3) is 0.125. The number of aryl methyl sites for hydroxylation is 1. The van der Waals surface area contributed by atoms with Crippen molar-refractivity contribution < 1.29 is 14.3 Å². The number of rotatable bonds is 5. The molecule has 10 heteroatoms. The zero-order valence-corrected chi connectivity index (χ0v) is 19.0. The number of nitrogens with one attached hydrogen (secondary N) is 1. The van der Waals surface area contributed by atoms with Crippen LogP contribution >= 0.6 is 11.6 Å². The second-order valence-electron chi connectivity index (χ2n) is 7.40. The number of nitrogens with zero attached hydrogens (tertiary/aromatic N) is 3. The molecule has 0 aliphatic heterocycles. The monoisotopic (exact) mass is 478 g/mol. The zero-order valence-electron chi connectivity index (χ0n) is 18.2. The number of anilines is 1. The highest BCUT2D eigenvalue weighted by atomic mass is 35.5. The Morgan fingerprint density at radius 2 is 1.79 bits per heavy atom. The number of carbonyl (C=O) groups is 2. The molecule has 0 saturated heterocycles. The first kappa shape index (κ1) is 22.9. The molecule has 1 amide bonds. The average Bonchev–Trinajstić information content (AvgIpc) is 2.81. The van der Waals surface area contributed by atoms with Crippen LogP contribution in [0.4, 0.5) is 5.69 Å². The number of methoxy groups -OCH3 is 1. The van der Waals surface area contributed by atoms with Gasteiger partial charge in [0.1, 0.15) is 6.54 Å². The van der Waals surface area contributed by atoms with Gasteiger partial charge in [-0.05, 0) is 43.3 Å². The van der Waals surface area contributed by atoms with Crippen LogP contribution in [-0.2, 0) is 16.1 Å². The average molecular weight is 479 g/mol. The van der Waals surface area contributed by atoms with Crippen LogP contribution in [0.2, 0.25) is 5.02 Å². The van der Waals surface area contributed by atoms with Gasteiger partial charge in [-0.15, -0.1) is 0 Å². The Kier molecular flexibility index (Phi) is 6.29. The standard InChI is InChI=1S/C24H19ClN4O5/c1-14-11-18(23(32)34-2)20-21(26-14)29(17-9-4-3-5-10-17)24(33)28(22(20)31)13-19(30)27-16-8-6-7-15(25)12-16/h3-12H,13H2,1-2H3,(H,27,30). The van der Waals surface area contributed by atoms with E-state index in [2.05, 4.69) is 10.3 Å². The molecule has 0 fully saturated rings. The Morgan fingerprint density at radius 3 is 2.47 bits per heavy atom. The number of amides is 1. The summed E-state index contributed by atoms with van der Waals surface area (Å²) in [6.45, 7) is 1.04. The van der Waals surface area contributed by atoms with E-state index in [0.717, 1.165) is 4.57 Å². The van der Waals surface area contributed by atoms with Crippen molar-refractivity contribution >= 4 is 40.2 Å². The second-order valence-corrected chi connectivity index (χ2v) is 7.84. The van der Waals surface area contributed by atoms with Crippen LogP contribution in [0.25, 0.3) is 16.7 Å². The number of ether oxygens (including phenoxy) is 1. The Morgan fingerprint density at radius 1 is 1.06 bits per heavy atom. The molecule has 2 heterocycles. The lowest BCUT2D eigenvalue weighted by Gasteiger charge is -2.15. The molecule has 0 unspecified atom stereocenters. The SMILES string of the molecule is COC(=O)c1cc(C)nc2c1c(=O)n(CC(=O)Nc1cccc(Cl)c1)c(=O)n2-c1ccccc1. The second kappa shape index (κ2) is 9.32. The minimum Gasteiger partial charge on any atom is -0.465 e. The first-order valence-electron chi connectivity index (χ1n) is 10.2. The van der Waals surface area contributed by atoms with Crippen molar-refractivity contribution in [2.45, 2.75) is 13.5 Å². The third-order valence-corrected chi connectivity index (χ3v) is 5.29. The molecule has 0 aliphatic rings. The van der Waals surface area contributed by atoms with Crippen LogP contribution in [0.5, 0.6) is 0 Å². The lowest BCUT2D eigenvalue weighted by atomic mass is 10.1. The molecule has 0 aliphatic carbocycles. The third-order valence-electron chi connectivity index (χ3n) is 5.05. The van der Waals surface area contributed by atoms with E-state index in [9.17, 15) is 19.2 Å². The summed E-state index contributed by atoms with van der Waals surface area (Å²) in [5.41, 5.74) is -0.442. The first-order valence-corrected chi connectivity index (χ1v) is 10.5. The van der Waals surface area contributed by atoms with Crippen molar-refractivity contribution in [3.63, 3.8) is 0 Å². The Balaban J connectivity index is 1.96. The van der Waals surface area contributed by atoms with Crippen molar-refractivity contribution in [3.8, 4) is 5.69 Å². The number of carbonyl (C=O) groups excluding carboxylic acids is 2. The van der Waals surface area contributed by atoms with Crippen molar-refractivity contribution in [2.24, 2.45) is 0 Å². The van der Waals surface area contributed by atoms with E-state index in [1.165, 1.54) is 23.8 Å². The van der Waals surface area contributed by atoms with Gasteiger partial charge in [0.15, 0.2) is 5.65 Å². The minimum atomic E-state index is -0.832. The number of esters is 1. The Bertz CT molecular complexity index is 1540. The molecule has 9 nitrogen and oxygen atoms in total. The number of halogens is 1. The van der Waals surface area contributed by atoms with Gasteiger partial charge in [0.05, 0.1) is 23.7 Å². The van der Waals surface area contributed by atoms with Crippen LogP contribution in [0.3, 0.4) is 0 Å². The van der Waals surface area contributed by atoms with E-state index in [1.807, 2.05) is 0 Å². The molecule has 4 aromatic rings. The van der Waals surface area contributed by atoms with Crippen molar-refractivity contribution in [1.82, 2.24) is 14.1 Å². The van der Waals surface area contributed by atoms with Gasteiger partial charge >= 0.3 is 11.7 Å². The molecule has 4 rings (SSSR count). The number of aromatic nitrogens is 3. The van der Waals surface area contributed by atoms with Gasteiger partial charge in [-0.2, -0.15) is 0 Å². The van der Waals surface area contributed by atoms with Crippen LogP contribution in [0.1, 0.15) is 16.1 Å². The van der Waals surface area contributed by atoms with Gasteiger partial charge in [-0.1, -0.05) is 35.9 Å². The topological polar surface area (TPSA) is 112 Å². The summed E-state index contributed by atoms with van der Waals surface area (Å²) in [5.74, 6) is -1.39. The number of fused-ring (bicyclic) bond motifs is 1. The molecule has 34 heavy (non-hydrogen) atoms. The van der Waals surface area contributed by atoms with Crippen molar-refractivity contribution in [3.05, 3.63) is 97.8 Å². The number of hydrogen-bond donors (Lipinski definition) is 1. The van der Waals surface area contributed by atoms with Crippen LogP contribution in [-0.4, -0.2) is 33.1 Å². The minimum absolute atomic E-state index is 0.00639. The number of para-hydroxylation sites is 1. The predicted octanol–water partition coefficient (Wildman–Crippen LogP) is 2.93. The van der Waals surface area contributed by atoms with Crippen LogP contribution < -0.4 is 16.6 Å². The summed E-state index contributed by atoms with van der Waals surface area (Å²) in [4.78, 5) is 56.5. The van der Waals surface area contributed by atoms with Crippen molar-refractivity contribution in [1.29, 1.82) is 0 Å². The zero-order chi connectivity index (χ0) is 24.4. The molecule has 172 valence electrons. The molecule has 0 bridgehead atoms. The summed E-state index contributed by atoms with van der Waals surface area (Å²) in [6, 6.07) is 16.4. The molecule has 0 atom stereocenters. The molecule has 2 aromatic heterocycles. The number of hydrogen-bond acceptors (Lipinski definition) is 6. The molecule has 0 saturated carbocycles. The highest BCUT2D eigenvalue weighted by Gasteiger charge is 2.23. The highest BCUT2D eigenvalue weighted by Crippen LogP contribution is 2.19. The number of pyridine rings is 1. The summed E-state index contributed by atoms with van der Waals surface area (Å²) in [6.07, 6.45) is 0. The molecule has 0 radical (unpaired) electrons. The first-order chi connectivity index (χ1) is 16.3. The summed E-state index contributed by atoms with van der Waals surface area (Å²) in [7, 11) is 1.19. The highest BCUT2D eigenvalue weighted by molar-refractivity contribution is 6.30. The van der Waals surface area contributed by atoms with E-state index in [-0.39, 0.29) is 16.6 Å². The summed E-state index contributed by atoms with van der Waals surface area (Å²) >= 11 is 5.96. The Labute approximate surface area is 198 Å². The van der Waals surface area contributed by atoms with E-state index in [0.29, 0.717) is 22.1 Å². The van der Waals surface area contributed by atoms with E-state index in [4.69, 9.17) is 16.3 Å². The predicted molar refractivity (Wildman–Crippen MR) is 128 cm³/mol. The molecular formula is C24H19ClN4O5. The lowest BCUT2D eigenvalue weighted by Crippen LogP contribution is -2.43. The molecular weight excluding hydrogens is 460 g/mol. The van der Waals surface area contributed by atoms with Gasteiger partial charge < -0.3 is 10.1 Å². The van der Waals surface area contributed by atoms with E-state index in [1.54, 1.807) is 55.5 Å². The fourth-order valence-electron chi connectivity index (χ4n) is 3.59. The normalized spacial score (nSPS) is 10.8. The smallest absolute Gasteiger partial charge is 0.338 e. The van der Waals surface area contributed by atoms with Gasteiger partial charge in [0, 0.05) is 16.4 Å². The third kappa shape index (κ3) is 4.33. The van der Waals surface area contributed by atoms with E-state index >= 15 is 0 Å². The lowest BCUT2D eigenvalue weighted by molar-refractivity contribution is -0.116. The largest absolute Gasteiger partial charge is 0.465 e. The quantitative estimate of drug-likeness (QED) is 0.441. The molecule has 0 spiro atoms. The summed E-state index contributed by atoms with van der Waals surface area (Å²) in [5, 5.41) is 2.90. The van der Waals surface area contributed by atoms with Crippen LogP contribution in [0, 0.1) is 6.92 Å². The number of benzene rings is 2. The maximum Gasteiger partial charge on any atom is 0.338 e. The Hall–Kier alpha value is -4.24. The van der Waals surface area contributed by atoms with Crippen molar-refractivity contribution in [2.75, 3.05) is 12.4 Å². The molecule has 1 N–H and O–H groups in total. The van der Waals surface area contributed by atoms with Gasteiger partial charge in [-0.25, -0.2) is 23.7 Å². The van der Waals surface area contributed by atoms with Gasteiger partial charge in [-0.3, -0.25) is 9.59 Å². The molecule has 2 aromatic carbocycles. The van der Waals surface area contributed by atoms with Gasteiger partial charge in [0.25, 0.3) is 5.56 Å². The maximum atomic E-state index is 13.5. The maximum absolute atomic E-state index is 13.5.